The van der Waals surface area contributed by atoms with E-state index >= 15 is 0 Å². The predicted molar refractivity (Wildman–Crippen MR) is 57.2 cm³/mol. The summed E-state index contributed by atoms with van der Waals surface area (Å²) in [5.74, 6) is -0.189. The maximum atomic E-state index is 12.1. The zero-order chi connectivity index (χ0) is 11.9. The Kier molecular flexibility index (Phi) is 2.78. The minimum atomic E-state index is -0.834. The Morgan fingerprint density at radius 2 is 1.93 bits per heavy atom. The van der Waals surface area contributed by atoms with Gasteiger partial charge in [-0.25, -0.2) is 4.79 Å². The minimum absolute atomic E-state index is 0.189. The molecule has 5 heteroatoms. The van der Waals surface area contributed by atoms with Crippen LogP contribution in [0.25, 0.3) is 0 Å². The lowest BCUT2D eigenvalue weighted by molar-refractivity contribution is -0.134. The van der Waals surface area contributed by atoms with Crippen molar-refractivity contribution in [1.82, 2.24) is 10.2 Å². The van der Waals surface area contributed by atoms with Crippen molar-refractivity contribution >= 4 is 11.9 Å². The highest BCUT2D eigenvalue weighted by Crippen LogP contribution is 2.35. The third kappa shape index (κ3) is 1.71. The molecule has 0 spiro atoms. The van der Waals surface area contributed by atoms with Crippen LogP contribution in [0.1, 0.15) is 27.7 Å². The predicted octanol–water partition coefficient (Wildman–Crippen LogP) is 0.302. The second-order valence-corrected chi connectivity index (χ2v) is 5.05. The van der Waals surface area contributed by atoms with Gasteiger partial charge in [0.1, 0.15) is 5.54 Å². The molecule has 0 aromatic heterocycles. The molecule has 0 radical (unpaired) electrons. The molecule has 1 aliphatic rings. The minimum Gasteiger partial charge on any atom is -0.329 e. The van der Waals surface area contributed by atoms with Crippen LogP contribution in [-0.4, -0.2) is 35.5 Å². The molecule has 1 fully saturated rings. The smallest absolute Gasteiger partial charge is 0.325 e. The first-order chi connectivity index (χ1) is 6.74. The van der Waals surface area contributed by atoms with Crippen molar-refractivity contribution in [1.29, 1.82) is 0 Å². The lowest BCUT2D eigenvalue weighted by atomic mass is 9.75. The zero-order valence-electron chi connectivity index (χ0n) is 9.76. The SMILES string of the molecule is CC(C)(C)C1(C)NC(=O)N(CCN)C1=O. The normalized spacial score (nSPS) is 27.1. The molecule has 3 amide bonds. The molecule has 5 nitrogen and oxygen atoms in total. The Morgan fingerprint density at radius 3 is 2.27 bits per heavy atom. The molecule has 15 heavy (non-hydrogen) atoms. The van der Waals surface area contributed by atoms with Crippen molar-refractivity contribution in [2.45, 2.75) is 33.2 Å². The molecule has 0 bridgehead atoms. The second kappa shape index (κ2) is 3.48. The summed E-state index contributed by atoms with van der Waals surface area (Å²) in [5.41, 5.74) is 4.21. The second-order valence-electron chi connectivity index (χ2n) is 5.05. The van der Waals surface area contributed by atoms with Crippen LogP contribution in [-0.2, 0) is 4.79 Å². The molecule has 1 atom stereocenters. The quantitative estimate of drug-likeness (QED) is 0.648. The van der Waals surface area contributed by atoms with E-state index < -0.39 is 5.54 Å². The fourth-order valence-electron chi connectivity index (χ4n) is 1.54. The van der Waals surface area contributed by atoms with Crippen molar-refractivity contribution in [3.05, 3.63) is 0 Å². The van der Waals surface area contributed by atoms with E-state index in [1.807, 2.05) is 20.8 Å². The Morgan fingerprint density at radius 1 is 1.40 bits per heavy atom. The molecule has 1 saturated heterocycles. The van der Waals surface area contributed by atoms with Gasteiger partial charge in [0.15, 0.2) is 0 Å². The van der Waals surface area contributed by atoms with Crippen LogP contribution in [0.4, 0.5) is 4.79 Å². The number of hydrogen-bond donors (Lipinski definition) is 2. The lowest BCUT2D eigenvalue weighted by Gasteiger charge is -2.35. The van der Waals surface area contributed by atoms with Gasteiger partial charge in [0, 0.05) is 13.1 Å². The molecule has 1 unspecified atom stereocenters. The Bertz CT molecular complexity index is 296. The highest BCUT2D eigenvalue weighted by molar-refractivity contribution is 6.07. The van der Waals surface area contributed by atoms with Gasteiger partial charge >= 0.3 is 6.03 Å². The average molecular weight is 213 g/mol. The molecule has 0 aromatic rings. The van der Waals surface area contributed by atoms with Gasteiger partial charge in [0.25, 0.3) is 5.91 Å². The van der Waals surface area contributed by atoms with Gasteiger partial charge in [-0.05, 0) is 12.3 Å². The van der Waals surface area contributed by atoms with Gasteiger partial charge in [0.05, 0.1) is 0 Å². The number of imide groups is 1. The van der Waals surface area contributed by atoms with Crippen molar-refractivity contribution in [2.24, 2.45) is 11.1 Å². The summed E-state index contributed by atoms with van der Waals surface area (Å²) in [4.78, 5) is 24.8. The van der Waals surface area contributed by atoms with E-state index in [4.69, 9.17) is 5.73 Å². The summed E-state index contributed by atoms with van der Waals surface area (Å²) in [5, 5.41) is 2.74. The maximum absolute atomic E-state index is 12.1. The van der Waals surface area contributed by atoms with E-state index in [1.54, 1.807) is 6.92 Å². The Balaban J connectivity index is 3.00. The molecular formula is C10H19N3O2. The largest absolute Gasteiger partial charge is 0.329 e. The van der Waals surface area contributed by atoms with Crippen LogP contribution in [0, 0.1) is 5.41 Å². The van der Waals surface area contributed by atoms with Crippen LogP contribution in [0.2, 0.25) is 0 Å². The van der Waals surface area contributed by atoms with E-state index in [1.165, 1.54) is 4.90 Å². The standard InChI is InChI=1S/C10H19N3O2/c1-9(2,3)10(4)7(14)13(6-5-11)8(15)12-10/h5-6,11H2,1-4H3,(H,12,15). The van der Waals surface area contributed by atoms with Gasteiger partial charge in [-0.3, -0.25) is 9.69 Å². The van der Waals surface area contributed by atoms with E-state index in [0.717, 1.165) is 0 Å². The monoisotopic (exact) mass is 213 g/mol. The first-order valence-corrected chi connectivity index (χ1v) is 5.08. The Labute approximate surface area is 90.0 Å². The van der Waals surface area contributed by atoms with E-state index in [2.05, 4.69) is 5.32 Å². The lowest BCUT2D eigenvalue weighted by Crippen LogP contribution is -2.54. The third-order valence-corrected chi connectivity index (χ3v) is 3.13. The summed E-state index contributed by atoms with van der Waals surface area (Å²) in [6.07, 6.45) is 0. The molecule has 1 rings (SSSR count). The maximum Gasteiger partial charge on any atom is 0.325 e. The molecule has 3 N–H and O–H groups in total. The van der Waals surface area contributed by atoms with Crippen molar-refractivity contribution in [3.63, 3.8) is 0 Å². The molecular weight excluding hydrogens is 194 g/mol. The first-order valence-electron chi connectivity index (χ1n) is 5.08. The van der Waals surface area contributed by atoms with E-state index in [0.29, 0.717) is 6.54 Å². The number of rotatable bonds is 2. The van der Waals surface area contributed by atoms with Crippen LogP contribution in [0.3, 0.4) is 0 Å². The number of nitrogens with zero attached hydrogens (tertiary/aromatic N) is 1. The van der Waals surface area contributed by atoms with Crippen LogP contribution < -0.4 is 11.1 Å². The summed E-state index contributed by atoms with van der Waals surface area (Å²) in [6, 6.07) is -0.345. The number of carbonyl (C=O) groups is 2. The average Bonchev–Trinajstić information content (AvgIpc) is 2.29. The third-order valence-electron chi connectivity index (χ3n) is 3.13. The van der Waals surface area contributed by atoms with E-state index in [9.17, 15) is 9.59 Å². The van der Waals surface area contributed by atoms with Gasteiger partial charge in [0.2, 0.25) is 0 Å². The summed E-state index contributed by atoms with van der Waals surface area (Å²) in [6.45, 7) is 8.10. The van der Waals surface area contributed by atoms with Crippen molar-refractivity contribution in [3.8, 4) is 0 Å². The number of amides is 3. The van der Waals surface area contributed by atoms with Gasteiger partial charge < -0.3 is 11.1 Å². The number of hydrogen-bond acceptors (Lipinski definition) is 3. The summed E-state index contributed by atoms with van der Waals surface area (Å²) >= 11 is 0. The number of carbonyl (C=O) groups excluding carboxylic acids is 2. The topological polar surface area (TPSA) is 75.4 Å². The zero-order valence-corrected chi connectivity index (χ0v) is 9.76. The number of nitrogens with one attached hydrogen (secondary N) is 1. The molecule has 86 valence electrons. The van der Waals surface area contributed by atoms with Gasteiger partial charge in [-0.2, -0.15) is 0 Å². The molecule has 1 aliphatic heterocycles. The fraction of sp³-hybridized carbons (Fsp3) is 0.800. The van der Waals surface area contributed by atoms with Crippen LogP contribution >= 0.6 is 0 Å². The Hall–Kier alpha value is -1.10. The number of nitrogens with two attached hydrogens (primary N) is 1. The number of urea groups is 1. The van der Waals surface area contributed by atoms with Crippen molar-refractivity contribution < 1.29 is 9.59 Å². The fourth-order valence-corrected chi connectivity index (χ4v) is 1.54. The highest BCUT2D eigenvalue weighted by Gasteiger charge is 2.54. The van der Waals surface area contributed by atoms with Gasteiger partial charge in [-0.15, -0.1) is 0 Å². The van der Waals surface area contributed by atoms with Gasteiger partial charge in [-0.1, -0.05) is 20.8 Å². The molecule has 0 aliphatic carbocycles. The van der Waals surface area contributed by atoms with Crippen LogP contribution in [0.15, 0.2) is 0 Å². The molecule has 1 heterocycles. The molecule has 0 saturated carbocycles. The van der Waals surface area contributed by atoms with Crippen LogP contribution in [0.5, 0.6) is 0 Å². The highest BCUT2D eigenvalue weighted by atomic mass is 16.2. The summed E-state index contributed by atoms with van der Waals surface area (Å²) in [7, 11) is 0. The van der Waals surface area contributed by atoms with Crippen molar-refractivity contribution in [2.75, 3.05) is 13.1 Å². The van der Waals surface area contributed by atoms with E-state index in [-0.39, 0.29) is 23.9 Å². The first kappa shape index (κ1) is 12.0. The summed E-state index contributed by atoms with van der Waals surface area (Å²) < 4.78 is 0. The molecule has 0 aromatic carbocycles.